The number of nitrogens with one attached hydrogen (secondary N) is 2. The molecule has 3 heterocycles. The molecule has 1 aliphatic rings. The lowest BCUT2D eigenvalue weighted by atomic mass is 10.1. The van der Waals surface area contributed by atoms with Gasteiger partial charge < -0.3 is 4.98 Å². The van der Waals surface area contributed by atoms with E-state index >= 15 is 0 Å². The summed E-state index contributed by atoms with van der Waals surface area (Å²) in [5, 5.41) is 5.37. The van der Waals surface area contributed by atoms with Crippen molar-refractivity contribution in [2.45, 2.75) is 37.5 Å². The first kappa shape index (κ1) is 19.6. The van der Waals surface area contributed by atoms with E-state index in [4.69, 9.17) is 0 Å². The Morgan fingerprint density at radius 3 is 2.76 bits per heavy atom. The highest BCUT2D eigenvalue weighted by Gasteiger charge is 2.26. The van der Waals surface area contributed by atoms with Gasteiger partial charge in [-0.25, -0.2) is 13.4 Å². The van der Waals surface area contributed by atoms with Gasteiger partial charge in [-0.15, -0.1) is 0 Å². The molecule has 1 aliphatic heterocycles. The summed E-state index contributed by atoms with van der Waals surface area (Å²) in [5.74, 6) is 0.493. The predicted octanol–water partition coefficient (Wildman–Crippen LogP) is 3.75. The molecule has 0 aliphatic carbocycles. The van der Waals surface area contributed by atoms with Crippen LogP contribution >= 0.6 is 0 Å². The lowest BCUT2D eigenvalue weighted by Gasteiger charge is -2.25. The van der Waals surface area contributed by atoms with Crippen molar-refractivity contribution in [1.82, 2.24) is 14.3 Å². The largest absolute Gasteiger partial charge is 0.360 e. The van der Waals surface area contributed by atoms with Crippen molar-refractivity contribution < 1.29 is 8.42 Å². The van der Waals surface area contributed by atoms with Gasteiger partial charge in [0.1, 0.15) is 10.7 Å². The van der Waals surface area contributed by atoms with Gasteiger partial charge in [0.15, 0.2) is 0 Å². The zero-order valence-electron chi connectivity index (χ0n) is 16.4. The molecular formula is C21H25N5O2S. The second kappa shape index (κ2) is 8.34. The molecule has 152 valence electrons. The van der Waals surface area contributed by atoms with Crippen LogP contribution in [0.1, 0.15) is 37.3 Å². The molecule has 4 rings (SSSR count). The standard InChI is InChI=1S/C21H25N5O2S/c1-2-16-7-6-8-19-17(13-23-21(16)19)14-24-25-20-10-9-18(15-22-20)29(27,28)26-11-4-3-5-12-26/h6-10,13-15,23H,2-5,11-12H2,1H3,(H,22,25)/b24-14+. The van der Waals surface area contributed by atoms with Gasteiger partial charge in [-0.3, -0.25) is 5.43 Å². The molecule has 0 amide bonds. The van der Waals surface area contributed by atoms with Crippen LogP contribution in [0.15, 0.2) is 52.7 Å². The Balaban J connectivity index is 1.46. The number of hydrogen-bond donors (Lipinski definition) is 2. The average molecular weight is 412 g/mol. The van der Waals surface area contributed by atoms with Crippen molar-refractivity contribution in [3.8, 4) is 0 Å². The van der Waals surface area contributed by atoms with Crippen molar-refractivity contribution in [3.05, 3.63) is 53.9 Å². The van der Waals surface area contributed by atoms with E-state index in [-0.39, 0.29) is 4.90 Å². The average Bonchev–Trinajstić information content (AvgIpc) is 3.18. The third-order valence-electron chi connectivity index (χ3n) is 5.29. The van der Waals surface area contributed by atoms with Crippen molar-refractivity contribution in [2.24, 2.45) is 5.10 Å². The minimum Gasteiger partial charge on any atom is -0.360 e. The molecule has 8 heteroatoms. The maximum absolute atomic E-state index is 12.7. The zero-order valence-corrected chi connectivity index (χ0v) is 17.2. The van der Waals surface area contributed by atoms with Crippen molar-refractivity contribution in [1.29, 1.82) is 0 Å². The fourth-order valence-corrected chi connectivity index (χ4v) is 5.12. The summed E-state index contributed by atoms with van der Waals surface area (Å²) in [7, 11) is -3.47. The van der Waals surface area contributed by atoms with E-state index in [0.29, 0.717) is 18.9 Å². The van der Waals surface area contributed by atoms with Crippen LogP contribution in [0.2, 0.25) is 0 Å². The number of benzene rings is 1. The Morgan fingerprint density at radius 2 is 2.03 bits per heavy atom. The number of aromatic amines is 1. The van der Waals surface area contributed by atoms with Crippen LogP contribution in [0.4, 0.5) is 5.82 Å². The number of rotatable bonds is 6. The number of piperidine rings is 1. The zero-order chi connectivity index (χ0) is 20.3. The summed E-state index contributed by atoms with van der Waals surface area (Å²) >= 11 is 0. The monoisotopic (exact) mass is 411 g/mol. The highest BCUT2D eigenvalue weighted by Crippen LogP contribution is 2.22. The summed E-state index contributed by atoms with van der Waals surface area (Å²) in [6, 6.07) is 9.43. The van der Waals surface area contributed by atoms with Gasteiger partial charge in [0.2, 0.25) is 10.0 Å². The smallest absolute Gasteiger partial charge is 0.244 e. The quantitative estimate of drug-likeness (QED) is 0.477. The fourth-order valence-electron chi connectivity index (χ4n) is 3.66. The molecule has 7 nitrogen and oxygen atoms in total. The van der Waals surface area contributed by atoms with Crippen LogP contribution < -0.4 is 5.43 Å². The molecule has 2 aromatic heterocycles. The first-order valence-electron chi connectivity index (χ1n) is 9.94. The first-order chi connectivity index (χ1) is 14.1. The highest BCUT2D eigenvalue weighted by molar-refractivity contribution is 7.89. The number of para-hydroxylation sites is 1. The topological polar surface area (TPSA) is 90.4 Å². The lowest BCUT2D eigenvalue weighted by molar-refractivity contribution is 0.346. The maximum Gasteiger partial charge on any atom is 0.244 e. The number of anilines is 1. The molecule has 0 spiro atoms. The van der Waals surface area contributed by atoms with E-state index in [9.17, 15) is 8.42 Å². The number of fused-ring (bicyclic) bond motifs is 1. The SMILES string of the molecule is CCc1cccc2c(/C=N/Nc3ccc(S(=O)(=O)N4CCCCC4)cn3)c[nH]c12. The van der Waals surface area contributed by atoms with E-state index in [0.717, 1.165) is 42.1 Å². The number of pyridine rings is 1. The second-order valence-electron chi connectivity index (χ2n) is 7.15. The molecule has 2 N–H and O–H groups in total. The van der Waals surface area contributed by atoms with E-state index in [1.165, 1.54) is 11.8 Å². The van der Waals surface area contributed by atoms with Gasteiger partial charge in [-0.05, 0) is 37.0 Å². The Morgan fingerprint density at radius 1 is 1.21 bits per heavy atom. The van der Waals surface area contributed by atoms with Gasteiger partial charge >= 0.3 is 0 Å². The number of aryl methyl sites for hydroxylation is 1. The molecule has 0 bridgehead atoms. The minimum absolute atomic E-state index is 0.220. The summed E-state index contributed by atoms with van der Waals surface area (Å²) in [5.41, 5.74) is 6.24. The van der Waals surface area contributed by atoms with Crippen LogP contribution in [0.5, 0.6) is 0 Å². The molecule has 3 aromatic rings. The van der Waals surface area contributed by atoms with Crippen LogP contribution in [0, 0.1) is 0 Å². The van der Waals surface area contributed by atoms with Crippen LogP contribution in [-0.2, 0) is 16.4 Å². The second-order valence-corrected chi connectivity index (χ2v) is 9.09. The molecule has 0 saturated carbocycles. The molecule has 0 atom stereocenters. The molecule has 1 aromatic carbocycles. The van der Waals surface area contributed by atoms with Crippen molar-refractivity contribution in [3.63, 3.8) is 0 Å². The van der Waals surface area contributed by atoms with Gasteiger partial charge in [0.05, 0.1) is 6.21 Å². The molecule has 29 heavy (non-hydrogen) atoms. The number of hydrazone groups is 1. The van der Waals surface area contributed by atoms with E-state index in [2.05, 4.69) is 39.6 Å². The van der Waals surface area contributed by atoms with Gasteiger partial charge in [-0.2, -0.15) is 9.41 Å². The van der Waals surface area contributed by atoms with Crippen LogP contribution in [0.3, 0.4) is 0 Å². The number of H-pyrrole nitrogens is 1. The Kier molecular flexibility index (Phi) is 5.64. The number of hydrogen-bond acceptors (Lipinski definition) is 5. The minimum atomic E-state index is -3.47. The van der Waals surface area contributed by atoms with Crippen LogP contribution in [-0.4, -0.2) is 42.0 Å². The first-order valence-corrected chi connectivity index (χ1v) is 11.4. The van der Waals surface area contributed by atoms with Crippen molar-refractivity contribution >= 4 is 33.0 Å². The number of nitrogens with zero attached hydrogens (tertiary/aromatic N) is 3. The van der Waals surface area contributed by atoms with E-state index in [1.807, 2.05) is 12.3 Å². The molecule has 1 fully saturated rings. The van der Waals surface area contributed by atoms with Gasteiger partial charge in [0, 0.05) is 41.9 Å². The van der Waals surface area contributed by atoms with E-state index < -0.39 is 10.0 Å². The third kappa shape index (κ3) is 4.04. The molecule has 1 saturated heterocycles. The van der Waals surface area contributed by atoms with Gasteiger partial charge in [0.25, 0.3) is 0 Å². The number of sulfonamides is 1. The Hall–Kier alpha value is -2.71. The van der Waals surface area contributed by atoms with E-state index in [1.54, 1.807) is 22.7 Å². The summed E-state index contributed by atoms with van der Waals surface area (Å²) in [4.78, 5) is 7.74. The normalized spacial score (nSPS) is 15.9. The Bertz CT molecular complexity index is 1110. The summed E-state index contributed by atoms with van der Waals surface area (Å²) < 4.78 is 26.9. The van der Waals surface area contributed by atoms with Gasteiger partial charge in [-0.1, -0.05) is 31.5 Å². The molecule has 0 radical (unpaired) electrons. The third-order valence-corrected chi connectivity index (χ3v) is 7.17. The fraction of sp³-hybridized carbons (Fsp3) is 0.333. The Labute approximate surface area is 170 Å². The maximum atomic E-state index is 12.7. The molecular weight excluding hydrogens is 386 g/mol. The van der Waals surface area contributed by atoms with Crippen LogP contribution in [0.25, 0.3) is 10.9 Å². The summed E-state index contributed by atoms with van der Waals surface area (Å²) in [6.45, 7) is 3.29. The predicted molar refractivity (Wildman–Crippen MR) is 116 cm³/mol. The van der Waals surface area contributed by atoms with Crippen molar-refractivity contribution in [2.75, 3.05) is 18.5 Å². The summed E-state index contributed by atoms with van der Waals surface area (Å²) in [6.07, 6.45) is 8.92. The lowest BCUT2D eigenvalue weighted by Crippen LogP contribution is -2.35. The molecule has 0 unspecified atom stereocenters. The highest BCUT2D eigenvalue weighted by atomic mass is 32.2. The number of aromatic nitrogens is 2.